The third-order valence-corrected chi connectivity index (χ3v) is 9.71. The summed E-state index contributed by atoms with van der Waals surface area (Å²) < 4.78 is 18.6. The van der Waals surface area contributed by atoms with E-state index >= 15 is 0 Å². The van der Waals surface area contributed by atoms with Crippen molar-refractivity contribution >= 4 is 28.6 Å². The molecule has 46 heavy (non-hydrogen) atoms. The molecule has 1 aromatic carbocycles. The van der Waals surface area contributed by atoms with Gasteiger partial charge in [0.2, 0.25) is 11.8 Å². The molecule has 3 amide bonds. The minimum atomic E-state index is -1.13. The monoisotopic (exact) mass is 643 g/mol. The predicted octanol–water partition coefficient (Wildman–Crippen LogP) is 1.94. The van der Waals surface area contributed by atoms with Gasteiger partial charge < -0.3 is 44.7 Å². The lowest BCUT2D eigenvalue weighted by atomic mass is 9.69. The molecule has 256 valence electrons. The number of nitrogens with zero attached hydrogens (tertiary/aromatic N) is 3. The Hall–Kier alpha value is -3.03. The Kier molecular flexibility index (Phi) is 13.4. The molecule has 1 unspecified atom stereocenters. The molecule has 4 rings (SSSR count). The number of aliphatic hydroxyl groups is 1. The Labute approximate surface area is 272 Å². The number of ether oxygens (including phenoxy) is 3. The van der Waals surface area contributed by atoms with Crippen molar-refractivity contribution in [1.82, 2.24) is 19.7 Å². The highest BCUT2D eigenvalue weighted by Gasteiger charge is 2.49. The van der Waals surface area contributed by atoms with Crippen molar-refractivity contribution in [2.75, 3.05) is 79.5 Å². The van der Waals surface area contributed by atoms with Crippen LogP contribution in [0.3, 0.4) is 0 Å². The lowest BCUT2D eigenvalue weighted by Crippen LogP contribution is -2.64. The molecule has 1 aromatic heterocycles. The molecule has 0 bridgehead atoms. The van der Waals surface area contributed by atoms with E-state index in [1.165, 1.54) is 0 Å². The van der Waals surface area contributed by atoms with Gasteiger partial charge in [-0.1, -0.05) is 19.3 Å². The summed E-state index contributed by atoms with van der Waals surface area (Å²) in [6.07, 6.45) is 5.07. The minimum Gasteiger partial charge on any atom is -0.394 e. The highest BCUT2D eigenvalue weighted by Crippen LogP contribution is 2.37. The summed E-state index contributed by atoms with van der Waals surface area (Å²) in [5, 5.41) is 12.8. The van der Waals surface area contributed by atoms with Crippen LogP contribution in [0.5, 0.6) is 0 Å². The van der Waals surface area contributed by atoms with Crippen LogP contribution in [0.1, 0.15) is 55.1 Å². The van der Waals surface area contributed by atoms with Crippen molar-refractivity contribution in [2.24, 2.45) is 17.6 Å². The number of likely N-dealkylation sites (N-methyl/N-ethyl adjacent to an activating group) is 1. The molecule has 2 aliphatic rings. The van der Waals surface area contributed by atoms with Gasteiger partial charge in [0.05, 0.1) is 52.2 Å². The van der Waals surface area contributed by atoms with Gasteiger partial charge in [0, 0.05) is 54.9 Å². The summed E-state index contributed by atoms with van der Waals surface area (Å²) in [6.45, 7) is 8.93. The number of hydrogen-bond acceptors (Lipinski definition) is 8. The summed E-state index contributed by atoms with van der Waals surface area (Å²) >= 11 is 0. The molecule has 12 heteroatoms. The second-order valence-corrected chi connectivity index (χ2v) is 12.6. The smallest absolute Gasteiger partial charge is 0.253 e. The number of rotatable bonds is 17. The molecule has 2 fully saturated rings. The van der Waals surface area contributed by atoms with E-state index in [-0.39, 0.29) is 24.3 Å². The maximum Gasteiger partial charge on any atom is 0.253 e. The Morgan fingerprint density at radius 3 is 2.15 bits per heavy atom. The van der Waals surface area contributed by atoms with Crippen LogP contribution in [0.4, 0.5) is 0 Å². The Morgan fingerprint density at radius 2 is 1.54 bits per heavy atom. The number of amides is 3. The highest BCUT2D eigenvalue weighted by molar-refractivity contribution is 5.98. The summed E-state index contributed by atoms with van der Waals surface area (Å²) in [5.74, 6) is -1.04. The molecule has 2 aromatic rings. The van der Waals surface area contributed by atoms with Crippen LogP contribution in [0, 0.1) is 18.8 Å². The maximum atomic E-state index is 14.0. The molecule has 2 heterocycles. The van der Waals surface area contributed by atoms with Gasteiger partial charge in [0.25, 0.3) is 5.91 Å². The van der Waals surface area contributed by atoms with Crippen LogP contribution < -0.4 is 11.1 Å². The van der Waals surface area contributed by atoms with E-state index in [4.69, 9.17) is 25.1 Å². The number of nitrogens with two attached hydrogens (primary N) is 1. The van der Waals surface area contributed by atoms with Crippen LogP contribution in [0.2, 0.25) is 0 Å². The second-order valence-electron chi connectivity index (χ2n) is 12.6. The van der Waals surface area contributed by atoms with Gasteiger partial charge in [-0.05, 0) is 63.9 Å². The zero-order valence-electron chi connectivity index (χ0n) is 27.8. The first kappa shape index (κ1) is 35.8. The van der Waals surface area contributed by atoms with Gasteiger partial charge in [-0.3, -0.25) is 14.4 Å². The lowest BCUT2D eigenvalue weighted by molar-refractivity contribution is -0.147. The first-order valence-corrected chi connectivity index (χ1v) is 16.7. The number of benzene rings is 1. The number of aryl methyl sites for hydroxylation is 1. The molecule has 1 aliphatic carbocycles. The van der Waals surface area contributed by atoms with Gasteiger partial charge in [-0.25, -0.2) is 0 Å². The number of hydrogen-bond donors (Lipinski definition) is 3. The van der Waals surface area contributed by atoms with Gasteiger partial charge in [0.1, 0.15) is 5.54 Å². The lowest BCUT2D eigenvalue weighted by Gasteiger charge is -2.44. The molecule has 1 aliphatic heterocycles. The first-order chi connectivity index (χ1) is 22.2. The van der Waals surface area contributed by atoms with Crippen LogP contribution in [-0.4, -0.2) is 122 Å². The normalized spacial score (nSPS) is 18.1. The molecule has 1 saturated carbocycles. The van der Waals surface area contributed by atoms with E-state index in [0.29, 0.717) is 77.9 Å². The highest BCUT2D eigenvalue weighted by atomic mass is 16.5. The average molecular weight is 644 g/mol. The van der Waals surface area contributed by atoms with Gasteiger partial charge in [-0.15, -0.1) is 0 Å². The van der Waals surface area contributed by atoms with Crippen LogP contribution in [-0.2, 0) is 30.3 Å². The van der Waals surface area contributed by atoms with E-state index < -0.39 is 17.4 Å². The number of nitrogens with one attached hydrogen (secondary N) is 1. The fourth-order valence-electron chi connectivity index (χ4n) is 6.93. The van der Waals surface area contributed by atoms with E-state index in [1.54, 1.807) is 14.0 Å². The fraction of sp³-hybridized carbons (Fsp3) is 0.676. The number of aromatic nitrogens is 1. The molecule has 0 spiro atoms. The van der Waals surface area contributed by atoms with Crippen molar-refractivity contribution in [1.29, 1.82) is 0 Å². The summed E-state index contributed by atoms with van der Waals surface area (Å²) in [4.78, 5) is 43.7. The van der Waals surface area contributed by atoms with E-state index in [1.807, 2.05) is 34.9 Å². The Balaban J connectivity index is 1.31. The van der Waals surface area contributed by atoms with Crippen molar-refractivity contribution in [3.05, 3.63) is 35.5 Å². The largest absolute Gasteiger partial charge is 0.394 e. The molecule has 12 nitrogen and oxygen atoms in total. The molecule has 4 N–H and O–H groups in total. The SMILES string of the molecule is CNC(C)(C(N)=O)[C@@H](C(=O)N1CCN(C(=O)c2ccc3c(c2)cc(C)n3CCOCCOCCOCCO)CC1)C1CCCCC1. The topological polar surface area (TPSA) is 149 Å². The quantitative estimate of drug-likeness (QED) is 0.222. The van der Waals surface area contributed by atoms with Gasteiger partial charge >= 0.3 is 0 Å². The van der Waals surface area contributed by atoms with E-state index in [2.05, 4.69) is 16.0 Å². The predicted molar refractivity (Wildman–Crippen MR) is 175 cm³/mol. The van der Waals surface area contributed by atoms with Crippen LogP contribution >= 0.6 is 0 Å². The first-order valence-electron chi connectivity index (χ1n) is 16.7. The standard InChI is InChI=1S/C34H53N5O7/c1-25-23-28-24-27(9-10-29(28)39(25)15-17-44-19-21-46-22-20-45-18-16-40)31(41)37-11-13-38(14-12-37)32(42)30(26-7-5-4-6-8-26)34(2,36-3)33(35)43/h9-10,23-24,26,30,36,40H,4-8,11-22H2,1-3H3,(H2,35,43)/t30-,34?/m1/s1. The summed E-state index contributed by atoms with van der Waals surface area (Å²) in [6, 6.07) is 7.88. The van der Waals surface area contributed by atoms with E-state index in [0.717, 1.165) is 48.7 Å². The number of aliphatic hydroxyl groups excluding tert-OH is 1. The number of primary amides is 1. The third-order valence-electron chi connectivity index (χ3n) is 9.71. The zero-order valence-corrected chi connectivity index (χ0v) is 27.8. The Bertz CT molecular complexity index is 1300. The molecular formula is C34H53N5O7. The fourth-order valence-corrected chi connectivity index (χ4v) is 6.93. The van der Waals surface area contributed by atoms with Crippen LogP contribution in [0.25, 0.3) is 10.9 Å². The number of carbonyl (C=O) groups is 3. The minimum absolute atomic E-state index is 0.00831. The second kappa shape index (κ2) is 17.2. The molecular weight excluding hydrogens is 590 g/mol. The average Bonchev–Trinajstić information content (AvgIpc) is 3.39. The number of piperazine rings is 1. The maximum absolute atomic E-state index is 14.0. The number of carbonyl (C=O) groups excluding carboxylic acids is 3. The summed E-state index contributed by atoms with van der Waals surface area (Å²) in [5.41, 5.74) is 7.47. The Morgan fingerprint density at radius 1 is 0.935 bits per heavy atom. The zero-order chi connectivity index (χ0) is 33.1. The molecule has 0 radical (unpaired) electrons. The van der Waals surface area contributed by atoms with E-state index in [9.17, 15) is 14.4 Å². The van der Waals surface area contributed by atoms with Crippen molar-refractivity contribution in [2.45, 2.75) is 58.0 Å². The van der Waals surface area contributed by atoms with Crippen molar-refractivity contribution in [3.8, 4) is 0 Å². The molecule has 2 atom stereocenters. The van der Waals surface area contributed by atoms with Crippen LogP contribution in [0.15, 0.2) is 24.3 Å². The van der Waals surface area contributed by atoms with Crippen molar-refractivity contribution in [3.63, 3.8) is 0 Å². The van der Waals surface area contributed by atoms with Gasteiger partial charge in [0.15, 0.2) is 0 Å². The third kappa shape index (κ3) is 8.65. The molecule has 1 saturated heterocycles. The number of fused-ring (bicyclic) bond motifs is 1. The van der Waals surface area contributed by atoms with Crippen molar-refractivity contribution < 1.29 is 33.7 Å². The summed E-state index contributed by atoms with van der Waals surface area (Å²) in [7, 11) is 1.70. The van der Waals surface area contributed by atoms with Gasteiger partial charge in [-0.2, -0.15) is 0 Å².